The zero-order valence-electron chi connectivity index (χ0n) is 9.78. The van der Waals surface area contributed by atoms with E-state index >= 15 is 0 Å². The summed E-state index contributed by atoms with van der Waals surface area (Å²) < 4.78 is 0. The van der Waals surface area contributed by atoms with Gasteiger partial charge in [-0.25, -0.2) is 9.59 Å². The van der Waals surface area contributed by atoms with Gasteiger partial charge in [-0.2, -0.15) is 0 Å². The lowest BCUT2D eigenvalue weighted by Gasteiger charge is -2.24. The van der Waals surface area contributed by atoms with E-state index in [1.807, 2.05) is 13.8 Å². The minimum atomic E-state index is -1.00. The summed E-state index contributed by atoms with van der Waals surface area (Å²) in [5, 5.41) is 11.5. The van der Waals surface area contributed by atoms with Gasteiger partial charge in [0.2, 0.25) is 0 Å². The number of hydrogen-bond donors (Lipinski definition) is 2. The third-order valence-corrected chi connectivity index (χ3v) is 2.57. The van der Waals surface area contributed by atoms with E-state index in [0.717, 1.165) is 12.8 Å². The molecule has 0 heterocycles. The fraction of sp³-hybridized carbons (Fsp3) is 0.800. The normalized spacial score (nSPS) is 12.3. The molecule has 0 aromatic heterocycles. The summed E-state index contributed by atoms with van der Waals surface area (Å²) in [6.07, 6.45) is 1.69. The van der Waals surface area contributed by atoms with Crippen molar-refractivity contribution >= 4 is 12.0 Å². The van der Waals surface area contributed by atoms with Crippen molar-refractivity contribution < 1.29 is 14.7 Å². The molecule has 0 bridgehead atoms. The van der Waals surface area contributed by atoms with E-state index in [4.69, 9.17) is 5.11 Å². The first-order valence-corrected chi connectivity index (χ1v) is 5.20. The third-order valence-electron chi connectivity index (χ3n) is 2.57. The Hall–Kier alpha value is -1.26. The largest absolute Gasteiger partial charge is 0.480 e. The lowest BCUT2D eigenvalue weighted by atomic mass is 10.2. The van der Waals surface area contributed by atoms with Gasteiger partial charge in [0.25, 0.3) is 0 Å². The van der Waals surface area contributed by atoms with E-state index < -0.39 is 12.0 Å². The predicted octanol–water partition coefficient (Wildman–Crippen LogP) is 1.29. The van der Waals surface area contributed by atoms with Crippen LogP contribution in [0, 0.1) is 0 Å². The van der Waals surface area contributed by atoms with Crippen molar-refractivity contribution in [1.82, 2.24) is 10.2 Å². The van der Waals surface area contributed by atoms with Crippen LogP contribution in [-0.2, 0) is 4.79 Å². The van der Waals surface area contributed by atoms with Gasteiger partial charge in [-0.05, 0) is 19.8 Å². The number of carbonyl (C=O) groups excluding carboxylic acids is 1. The van der Waals surface area contributed by atoms with Gasteiger partial charge < -0.3 is 15.3 Å². The third kappa shape index (κ3) is 4.18. The predicted molar refractivity (Wildman–Crippen MR) is 57.8 cm³/mol. The van der Waals surface area contributed by atoms with Crippen LogP contribution in [-0.4, -0.2) is 41.1 Å². The first kappa shape index (κ1) is 13.7. The molecule has 0 spiro atoms. The number of carboxylic acid groups (broad SMARTS) is 1. The van der Waals surface area contributed by atoms with Gasteiger partial charge in [0, 0.05) is 13.1 Å². The number of urea groups is 1. The Balaban J connectivity index is 4.26. The zero-order valence-corrected chi connectivity index (χ0v) is 9.78. The minimum Gasteiger partial charge on any atom is -0.480 e. The molecule has 0 aromatic rings. The average molecular weight is 216 g/mol. The molecule has 0 fully saturated rings. The molecule has 0 aliphatic heterocycles. The van der Waals surface area contributed by atoms with Gasteiger partial charge in [0.15, 0.2) is 0 Å². The van der Waals surface area contributed by atoms with Crippen molar-refractivity contribution in [2.45, 2.75) is 45.7 Å². The molecule has 5 heteroatoms. The first-order valence-electron chi connectivity index (χ1n) is 5.20. The highest BCUT2D eigenvalue weighted by atomic mass is 16.4. The second-order valence-corrected chi connectivity index (χ2v) is 3.59. The monoisotopic (exact) mass is 216 g/mol. The summed E-state index contributed by atoms with van der Waals surface area (Å²) in [5.74, 6) is -1.00. The van der Waals surface area contributed by atoms with Crippen LogP contribution in [0.4, 0.5) is 4.79 Å². The summed E-state index contributed by atoms with van der Waals surface area (Å²) in [5.41, 5.74) is 0. The number of nitrogens with zero attached hydrogens (tertiary/aromatic N) is 1. The topological polar surface area (TPSA) is 69.6 Å². The highest BCUT2D eigenvalue weighted by Crippen LogP contribution is 2.00. The molecule has 1 atom stereocenters. The van der Waals surface area contributed by atoms with Crippen LogP contribution in [0.2, 0.25) is 0 Å². The Morgan fingerprint density at radius 3 is 2.13 bits per heavy atom. The zero-order chi connectivity index (χ0) is 12.0. The first-order chi connectivity index (χ1) is 6.93. The molecule has 0 saturated carbocycles. The molecule has 2 N–H and O–H groups in total. The molecule has 88 valence electrons. The van der Waals surface area contributed by atoms with Crippen molar-refractivity contribution in [3.63, 3.8) is 0 Å². The molecule has 0 aliphatic rings. The number of amides is 2. The maximum Gasteiger partial charge on any atom is 0.326 e. The van der Waals surface area contributed by atoms with E-state index in [1.165, 1.54) is 18.9 Å². The van der Waals surface area contributed by atoms with Gasteiger partial charge in [-0.3, -0.25) is 0 Å². The number of carboxylic acids is 1. The average Bonchev–Trinajstić information content (AvgIpc) is 2.23. The van der Waals surface area contributed by atoms with Crippen LogP contribution in [0.15, 0.2) is 0 Å². The van der Waals surface area contributed by atoms with E-state index in [-0.39, 0.29) is 12.1 Å². The van der Waals surface area contributed by atoms with Gasteiger partial charge in [-0.15, -0.1) is 0 Å². The van der Waals surface area contributed by atoms with Gasteiger partial charge in [0.1, 0.15) is 6.04 Å². The smallest absolute Gasteiger partial charge is 0.326 e. The molecular weight excluding hydrogens is 196 g/mol. The summed E-state index contributed by atoms with van der Waals surface area (Å²) in [4.78, 5) is 23.4. The molecule has 1 unspecified atom stereocenters. The van der Waals surface area contributed by atoms with Crippen molar-refractivity contribution in [3.05, 3.63) is 0 Å². The number of aliphatic carboxylic acids is 1. The minimum absolute atomic E-state index is 0.112. The van der Waals surface area contributed by atoms with Crippen LogP contribution in [0.25, 0.3) is 0 Å². The number of likely N-dealkylation sites (N-methyl/N-ethyl adjacent to an activating group) is 1. The lowest BCUT2D eigenvalue weighted by molar-refractivity contribution is -0.141. The Morgan fingerprint density at radius 1 is 1.33 bits per heavy atom. The number of nitrogens with one attached hydrogen (secondary N) is 1. The standard InChI is InChI=1S/C10H20N2O3/c1-5-8(6-2)11-10(15)12(4)7(3)9(13)14/h7-8H,5-6H2,1-4H3,(H,11,15)(H,13,14). The van der Waals surface area contributed by atoms with Crippen molar-refractivity contribution in [2.75, 3.05) is 7.05 Å². The van der Waals surface area contributed by atoms with Gasteiger partial charge in [0.05, 0.1) is 0 Å². The van der Waals surface area contributed by atoms with Crippen molar-refractivity contribution in [1.29, 1.82) is 0 Å². The van der Waals surface area contributed by atoms with E-state index in [1.54, 1.807) is 0 Å². The molecule has 0 rings (SSSR count). The van der Waals surface area contributed by atoms with Crippen molar-refractivity contribution in [3.8, 4) is 0 Å². The fourth-order valence-corrected chi connectivity index (χ4v) is 1.11. The summed E-state index contributed by atoms with van der Waals surface area (Å²) >= 11 is 0. The molecule has 2 amide bonds. The fourth-order valence-electron chi connectivity index (χ4n) is 1.11. The quantitative estimate of drug-likeness (QED) is 0.727. The SMILES string of the molecule is CCC(CC)NC(=O)N(C)C(C)C(=O)O. The van der Waals surface area contributed by atoms with Crippen LogP contribution >= 0.6 is 0 Å². The summed E-state index contributed by atoms with van der Waals surface area (Å²) in [6, 6.07) is -1.03. The molecule has 0 aliphatic carbocycles. The summed E-state index contributed by atoms with van der Waals surface area (Å²) in [6.45, 7) is 5.44. The van der Waals surface area contributed by atoms with E-state index in [9.17, 15) is 9.59 Å². The van der Waals surface area contributed by atoms with Crippen LogP contribution in [0.5, 0.6) is 0 Å². The second-order valence-electron chi connectivity index (χ2n) is 3.59. The van der Waals surface area contributed by atoms with Gasteiger partial charge >= 0.3 is 12.0 Å². The molecule has 5 nitrogen and oxygen atoms in total. The maximum absolute atomic E-state index is 11.6. The number of hydrogen-bond acceptors (Lipinski definition) is 2. The number of carbonyl (C=O) groups is 2. The Morgan fingerprint density at radius 2 is 1.80 bits per heavy atom. The number of rotatable bonds is 5. The van der Waals surface area contributed by atoms with Crippen LogP contribution in [0.1, 0.15) is 33.6 Å². The highest BCUT2D eigenvalue weighted by Gasteiger charge is 2.22. The Kier molecular flexibility index (Phi) is 5.74. The molecule has 0 aromatic carbocycles. The maximum atomic E-state index is 11.6. The highest BCUT2D eigenvalue weighted by molar-refractivity contribution is 5.82. The summed E-state index contributed by atoms with van der Waals surface area (Å²) in [7, 11) is 1.48. The molecular formula is C10H20N2O3. The van der Waals surface area contributed by atoms with Crippen LogP contribution in [0.3, 0.4) is 0 Å². The van der Waals surface area contributed by atoms with Crippen molar-refractivity contribution in [2.24, 2.45) is 0 Å². The van der Waals surface area contributed by atoms with E-state index in [0.29, 0.717) is 0 Å². The van der Waals surface area contributed by atoms with Crippen LogP contribution < -0.4 is 5.32 Å². The molecule has 0 saturated heterocycles. The second kappa shape index (κ2) is 6.27. The van der Waals surface area contributed by atoms with E-state index in [2.05, 4.69) is 5.32 Å². The molecule has 0 radical (unpaired) electrons. The molecule has 15 heavy (non-hydrogen) atoms. The Bertz CT molecular complexity index is 227. The Labute approximate surface area is 90.5 Å². The lowest BCUT2D eigenvalue weighted by Crippen LogP contribution is -2.48. The van der Waals surface area contributed by atoms with Gasteiger partial charge in [-0.1, -0.05) is 13.8 Å².